The fraction of sp³-hybridized carbons (Fsp3) is 0. The monoisotopic (exact) mass is 329 g/mol. The van der Waals surface area contributed by atoms with Crippen LogP contribution in [0.5, 0.6) is 0 Å². The molecule has 0 aliphatic carbocycles. The summed E-state index contributed by atoms with van der Waals surface area (Å²) >= 11 is 7.72. The number of carbonyl (C=O) groups is 1. The van der Waals surface area contributed by atoms with E-state index in [4.69, 9.17) is 11.6 Å². The quantitative estimate of drug-likeness (QED) is 0.742. The molecule has 0 aliphatic heterocycles. The lowest BCUT2D eigenvalue weighted by molar-refractivity contribution is 0.102. The van der Waals surface area contributed by atoms with Gasteiger partial charge in [-0.1, -0.05) is 35.5 Å². The number of aromatic nitrogens is 2. The predicted molar refractivity (Wildman–Crippen MR) is 88.6 cm³/mol. The highest BCUT2D eigenvalue weighted by atomic mass is 35.5. The minimum Gasteiger partial charge on any atom is -0.321 e. The molecule has 1 aromatic heterocycles. The summed E-state index contributed by atoms with van der Waals surface area (Å²) < 4.78 is 0. The Kier molecular flexibility index (Phi) is 4.46. The summed E-state index contributed by atoms with van der Waals surface area (Å²) in [5, 5.41) is 9.91. The summed E-state index contributed by atoms with van der Waals surface area (Å²) in [6.45, 7) is 0. The molecule has 0 saturated carbocycles. The van der Waals surface area contributed by atoms with Crippen LogP contribution in [-0.4, -0.2) is 16.1 Å². The topological polar surface area (TPSA) is 57.8 Å². The average Bonchev–Trinajstić information content (AvgIpc) is 3.06. The molecule has 2 N–H and O–H groups in total. The van der Waals surface area contributed by atoms with Crippen LogP contribution in [0.1, 0.15) is 10.5 Å². The number of hydrogen-bond acceptors (Lipinski definition) is 3. The van der Waals surface area contributed by atoms with Gasteiger partial charge in [-0.2, -0.15) is 5.10 Å². The summed E-state index contributed by atoms with van der Waals surface area (Å²) in [6, 6.07) is 16.9. The van der Waals surface area contributed by atoms with Crippen LogP contribution in [0.3, 0.4) is 0 Å². The number of hydrogen-bond donors (Lipinski definition) is 2. The van der Waals surface area contributed by atoms with Gasteiger partial charge in [0.25, 0.3) is 5.91 Å². The smallest absolute Gasteiger partial charge is 0.273 e. The molecule has 0 radical (unpaired) electrons. The van der Waals surface area contributed by atoms with Gasteiger partial charge in [0.15, 0.2) is 0 Å². The van der Waals surface area contributed by atoms with Crippen molar-refractivity contribution in [2.75, 3.05) is 5.32 Å². The molecule has 0 aliphatic rings. The van der Waals surface area contributed by atoms with Crippen molar-refractivity contribution in [2.24, 2.45) is 0 Å². The van der Waals surface area contributed by atoms with Gasteiger partial charge in [-0.25, -0.2) is 0 Å². The largest absolute Gasteiger partial charge is 0.321 e. The Morgan fingerprint density at radius 2 is 1.86 bits per heavy atom. The zero-order valence-corrected chi connectivity index (χ0v) is 13.0. The molecule has 6 heteroatoms. The van der Waals surface area contributed by atoms with Gasteiger partial charge in [-0.3, -0.25) is 9.89 Å². The maximum absolute atomic E-state index is 11.9. The first-order valence-corrected chi connectivity index (χ1v) is 7.75. The van der Waals surface area contributed by atoms with Crippen LogP contribution < -0.4 is 5.32 Å². The van der Waals surface area contributed by atoms with Crippen molar-refractivity contribution in [1.29, 1.82) is 0 Å². The molecule has 0 bridgehead atoms. The Morgan fingerprint density at radius 3 is 2.55 bits per heavy atom. The van der Waals surface area contributed by atoms with Crippen LogP contribution in [-0.2, 0) is 0 Å². The fourth-order valence-electron chi connectivity index (χ4n) is 1.84. The van der Waals surface area contributed by atoms with Crippen LogP contribution in [0.4, 0.5) is 5.69 Å². The molecule has 4 nitrogen and oxygen atoms in total. The number of carbonyl (C=O) groups excluding carboxylic acids is 1. The summed E-state index contributed by atoms with van der Waals surface area (Å²) in [7, 11) is 0. The van der Waals surface area contributed by atoms with E-state index in [0.717, 1.165) is 20.5 Å². The molecule has 2 aromatic carbocycles. The minimum absolute atomic E-state index is 0.219. The second-order valence-electron chi connectivity index (χ2n) is 4.48. The van der Waals surface area contributed by atoms with Gasteiger partial charge in [0.2, 0.25) is 0 Å². The molecular formula is C16H12ClN3OS. The minimum atomic E-state index is -0.219. The van der Waals surface area contributed by atoms with E-state index in [9.17, 15) is 4.79 Å². The summed E-state index contributed by atoms with van der Waals surface area (Å²) in [6.07, 6.45) is 1.54. The van der Waals surface area contributed by atoms with Crippen molar-refractivity contribution in [3.8, 4) is 0 Å². The maximum Gasteiger partial charge on any atom is 0.273 e. The number of anilines is 1. The molecule has 3 rings (SSSR count). The highest BCUT2D eigenvalue weighted by molar-refractivity contribution is 7.99. The zero-order chi connectivity index (χ0) is 15.4. The molecule has 0 spiro atoms. The lowest BCUT2D eigenvalue weighted by atomic mass is 10.3. The SMILES string of the molecule is O=C(Nc1ccc(Sc2ccccc2Cl)cc1)c1ccn[nH]1. The number of rotatable bonds is 4. The number of H-pyrrole nitrogens is 1. The molecular weight excluding hydrogens is 318 g/mol. The molecule has 0 fully saturated rings. The average molecular weight is 330 g/mol. The van der Waals surface area contributed by atoms with E-state index in [0.29, 0.717) is 5.69 Å². The van der Waals surface area contributed by atoms with Gasteiger partial charge in [0.05, 0.1) is 5.02 Å². The van der Waals surface area contributed by atoms with Gasteiger partial charge < -0.3 is 5.32 Å². The highest BCUT2D eigenvalue weighted by Crippen LogP contribution is 2.33. The van der Waals surface area contributed by atoms with Gasteiger partial charge >= 0.3 is 0 Å². The van der Waals surface area contributed by atoms with E-state index < -0.39 is 0 Å². The first-order valence-electron chi connectivity index (χ1n) is 6.55. The lowest BCUT2D eigenvalue weighted by Gasteiger charge is -2.06. The van der Waals surface area contributed by atoms with Crippen LogP contribution in [0.2, 0.25) is 5.02 Å². The second-order valence-corrected chi connectivity index (χ2v) is 6.00. The van der Waals surface area contributed by atoms with Crippen LogP contribution in [0, 0.1) is 0 Å². The van der Waals surface area contributed by atoms with Gasteiger partial charge in [0.1, 0.15) is 5.69 Å². The van der Waals surface area contributed by atoms with Gasteiger partial charge in [-0.15, -0.1) is 0 Å². The summed E-state index contributed by atoms with van der Waals surface area (Å²) in [4.78, 5) is 13.9. The van der Waals surface area contributed by atoms with Crippen LogP contribution >= 0.6 is 23.4 Å². The van der Waals surface area contributed by atoms with Crippen molar-refractivity contribution in [1.82, 2.24) is 10.2 Å². The Bertz CT molecular complexity index is 772. The highest BCUT2D eigenvalue weighted by Gasteiger charge is 2.07. The Hall–Kier alpha value is -2.24. The van der Waals surface area contributed by atoms with E-state index in [1.807, 2.05) is 48.5 Å². The van der Waals surface area contributed by atoms with E-state index in [-0.39, 0.29) is 5.91 Å². The number of nitrogens with one attached hydrogen (secondary N) is 2. The summed E-state index contributed by atoms with van der Waals surface area (Å²) in [5.41, 5.74) is 1.15. The van der Waals surface area contributed by atoms with E-state index in [1.54, 1.807) is 17.8 Å². The van der Waals surface area contributed by atoms with Crippen molar-refractivity contribution < 1.29 is 4.79 Å². The molecule has 3 aromatic rings. The van der Waals surface area contributed by atoms with E-state index in [2.05, 4.69) is 15.5 Å². The Morgan fingerprint density at radius 1 is 1.09 bits per heavy atom. The predicted octanol–water partition coefficient (Wildman–Crippen LogP) is 4.47. The van der Waals surface area contributed by atoms with Crippen molar-refractivity contribution in [3.63, 3.8) is 0 Å². The molecule has 0 unspecified atom stereocenters. The Balaban J connectivity index is 1.68. The van der Waals surface area contributed by atoms with Crippen molar-refractivity contribution in [2.45, 2.75) is 9.79 Å². The van der Waals surface area contributed by atoms with Gasteiger partial charge in [-0.05, 0) is 42.5 Å². The molecule has 110 valence electrons. The first kappa shape index (κ1) is 14.7. The number of amides is 1. The summed E-state index contributed by atoms with van der Waals surface area (Å²) in [5.74, 6) is -0.219. The van der Waals surface area contributed by atoms with E-state index >= 15 is 0 Å². The third-order valence-corrected chi connectivity index (χ3v) is 4.45. The fourth-order valence-corrected chi connectivity index (χ4v) is 2.93. The van der Waals surface area contributed by atoms with Crippen molar-refractivity contribution in [3.05, 3.63) is 71.5 Å². The lowest BCUT2D eigenvalue weighted by Crippen LogP contribution is -2.12. The molecule has 1 amide bonds. The van der Waals surface area contributed by atoms with Gasteiger partial charge in [0, 0.05) is 21.7 Å². The number of aromatic amines is 1. The standard InChI is InChI=1S/C16H12ClN3OS/c17-13-3-1-2-4-15(13)22-12-7-5-11(6-8-12)19-16(21)14-9-10-18-20-14/h1-10H,(H,18,20)(H,19,21). The normalized spacial score (nSPS) is 10.4. The third-order valence-electron chi connectivity index (χ3n) is 2.92. The molecule has 0 atom stereocenters. The van der Waals surface area contributed by atoms with Crippen LogP contribution in [0.25, 0.3) is 0 Å². The molecule has 1 heterocycles. The zero-order valence-electron chi connectivity index (χ0n) is 11.4. The number of halogens is 1. The number of benzene rings is 2. The maximum atomic E-state index is 11.9. The number of nitrogens with zero attached hydrogens (tertiary/aromatic N) is 1. The molecule has 22 heavy (non-hydrogen) atoms. The third kappa shape index (κ3) is 3.50. The van der Waals surface area contributed by atoms with Crippen LogP contribution in [0.15, 0.2) is 70.6 Å². The Labute approximate surface area is 136 Å². The second kappa shape index (κ2) is 6.68. The molecule has 0 saturated heterocycles. The van der Waals surface area contributed by atoms with Crippen molar-refractivity contribution >= 4 is 35.0 Å². The first-order chi connectivity index (χ1) is 10.7. The van der Waals surface area contributed by atoms with E-state index in [1.165, 1.54) is 6.20 Å².